The number of hydrogen-bond acceptors (Lipinski definition) is 4. The third kappa shape index (κ3) is 3.77. The minimum absolute atomic E-state index is 0.0227. The van der Waals surface area contributed by atoms with Crippen LogP contribution in [0.1, 0.15) is 12.8 Å². The normalized spacial score (nSPS) is 17.3. The van der Waals surface area contributed by atoms with Crippen molar-refractivity contribution in [1.29, 1.82) is 0 Å². The van der Waals surface area contributed by atoms with Crippen LogP contribution in [0.3, 0.4) is 0 Å². The summed E-state index contributed by atoms with van der Waals surface area (Å²) in [6, 6.07) is 2.74. The predicted molar refractivity (Wildman–Crippen MR) is 79.6 cm³/mol. The maximum Gasteiger partial charge on any atom is 0.244 e. The van der Waals surface area contributed by atoms with Crippen LogP contribution in [0.5, 0.6) is 0 Å². The van der Waals surface area contributed by atoms with E-state index in [1.54, 1.807) is 0 Å². The van der Waals surface area contributed by atoms with E-state index in [0.29, 0.717) is 24.8 Å². The Morgan fingerprint density at radius 1 is 1.30 bits per heavy atom. The lowest BCUT2D eigenvalue weighted by molar-refractivity contribution is 0.0678. The number of ether oxygens (including phenoxy) is 1. The zero-order chi connectivity index (χ0) is 14.8. The molecule has 5 nitrogen and oxygen atoms in total. The van der Waals surface area contributed by atoms with Crippen molar-refractivity contribution in [1.82, 2.24) is 4.72 Å². The second-order valence-corrected chi connectivity index (χ2v) is 7.26. The fraction of sp³-hybridized carbons (Fsp3) is 0.500. The zero-order valence-corrected chi connectivity index (χ0v) is 13.1. The van der Waals surface area contributed by atoms with Gasteiger partial charge in [-0.2, -0.15) is 0 Å². The number of nitrogens with two attached hydrogens (primary N) is 1. The minimum atomic E-state index is -3.74. The van der Waals surface area contributed by atoms with E-state index in [0.717, 1.165) is 12.8 Å². The van der Waals surface area contributed by atoms with Crippen molar-refractivity contribution >= 4 is 38.9 Å². The first-order chi connectivity index (χ1) is 9.40. The molecule has 0 aliphatic carbocycles. The van der Waals surface area contributed by atoms with E-state index in [4.69, 9.17) is 33.7 Å². The first kappa shape index (κ1) is 15.9. The summed E-state index contributed by atoms with van der Waals surface area (Å²) in [4.78, 5) is -0.115. The highest BCUT2D eigenvalue weighted by atomic mass is 35.5. The summed E-state index contributed by atoms with van der Waals surface area (Å²) < 4.78 is 32.3. The molecule has 8 heteroatoms. The van der Waals surface area contributed by atoms with Gasteiger partial charge in [-0.05, 0) is 30.9 Å². The van der Waals surface area contributed by atoms with Gasteiger partial charge in [-0.15, -0.1) is 0 Å². The number of nitrogen functional groups attached to an aromatic ring is 1. The monoisotopic (exact) mass is 338 g/mol. The Morgan fingerprint density at radius 3 is 2.55 bits per heavy atom. The highest BCUT2D eigenvalue weighted by Gasteiger charge is 2.23. The molecule has 1 aromatic carbocycles. The molecule has 20 heavy (non-hydrogen) atoms. The van der Waals surface area contributed by atoms with E-state index < -0.39 is 10.0 Å². The second kappa shape index (κ2) is 6.49. The minimum Gasteiger partial charge on any atom is -0.398 e. The van der Waals surface area contributed by atoms with Crippen LogP contribution < -0.4 is 10.5 Å². The molecule has 1 aliphatic rings. The molecule has 0 aromatic heterocycles. The van der Waals surface area contributed by atoms with Gasteiger partial charge in [0.1, 0.15) is 4.90 Å². The molecule has 0 saturated carbocycles. The fourth-order valence-corrected chi connectivity index (χ4v) is 4.21. The largest absolute Gasteiger partial charge is 0.398 e. The molecule has 3 N–H and O–H groups in total. The van der Waals surface area contributed by atoms with Crippen LogP contribution in [0.25, 0.3) is 0 Å². The van der Waals surface area contributed by atoms with Gasteiger partial charge in [-0.3, -0.25) is 0 Å². The van der Waals surface area contributed by atoms with Gasteiger partial charge in [0.2, 0.25) is 10.0 Å². The lowest BCUT2D eigenvalue weighted by Crippen LogP contribution is -2.32. The highest BCUT2D eigenvalue weighted by molar-refractivity contribution is 7.89. The van der Waals surface area contributed by atoms with E-state index in [9.17, 15) is 8.42 Å². The summed E-state index contributed by atoms with van der Waals surface area (Å²) in [7, 11) is -3.74. The van der Waals surface area contributed by atoms with Crippen molar-refractivity contribution in [3.05, 3.63) is 22.2 Å². The Bertz CT molecular complexity index is 563. The first-order valence-corrected chi connectivity index (χ1v) is 8.46. The molecule has 1 aromatic rings. The molecule has 1 aliphatic heterocycles. The van der Waals surface area contributed by atoms with Crippen molar-refractivity contribution in [3.8, 4) is 0 Å². The molecule has 0 atom stereocenters. The molecule has 0 bridgehead atoms. The van der Waals surface area contributed by atoms with E-state index in [1.165, 1.54) is 12.1 Å². The second-order valence-electron chi connectivity index (χ2n) is 4.71. The summed E-state index contributed by atoms with van der Waals surface area (Å²) in [5, 5.41) is 0.324. The molecule has 2 rings (SSSR count). The number of nitrogens with one attached hydrogen (secondary N) is 1. The Balaban J connectivity index is 2.14. The van der Waals surface area contributed by atoms with Crippen LogP contribution in [-0.2, 0) is 14.8 Å². The van der Waals surface area contributed by atoms with Crippen LogP contribution in [0.2, 0.25) is 10.0 Å². The lowest BCUT2D eigenvalue weighted by Gasteiger charge is -2.22. The topological polar surface area (TPSA) is 81.4 Å². The van der Waals surface area contributed by atoms with Crippen molar-refractivity contribution in [2.75, 3.05) is 25.5 Å². The number of hydrogen-bond donors (Lipinski definition) is 2. The highest BCUT2D eigenvalue weighted by Crippen LogP contribution is 2.31. The van der Waals surface area contributed by atoms with E-state index in [-0.39, 0.29) is 21.5 Å². The average Bonchev–Trinajstić information content (AvgIpc) is 2.36. The lowest BCUT2D eigenvalue weighted by atomic mass is 10.0. The van der Waals surface area contributed by atoms with E-state index in [2.05, 4.69) is 4.72 Å². The third-order valence-corrected chi connectivity index (χ3v) is 5.38. The van der Waals surface area contributed by atoms with Gasteiger partial charge in [0, 0.05) is 24.8 Å². The smallest absolute Gasteiger partial charge is 0.244 e. The SMILES string of the molecule is Nc1cc(Cl)cc(Cl)c1S(=O)(=O)NCC1CCOCC1. The number of benzene rings is 1. The van der Waals surface area contributed by atoms with Crippen molar-refractivity contribution in [2.24, 2.45) is 5.92 Å². The predicted octanol–water partition coefficient (Wildman–Crippen LogP) is 2.28. The third-order valence-electron chi connectivity index (χ3n) is 3.21. The Kier molecular flexibility index (Phi) is 5.14. The van der Waals surface area contributed by atoms with E-state index >= 15 is 0 Å². The summed E-state index contributed by atoms with van der Waals surface area (Å²) in [6.45, 7) is 1.68. The van der Waals surface area contributed by atoms with Gasteiger partial charge in [-0.25, -0.2) is 13.1 Å². The van der Waals surface area contributed by atoms with Gasteiger partial charge in [0.25, 0.3) is 0 Å². The van der Waals surface area contributed by atoms with Gasteiger partial charge in [-0.1, -0.05) is 23.2 Å². The van der Waals surface area contributed by atoms with Crippen molar-refractivity contribution in [2.45, 2.75) is 17.7 Å². The summed E-state index contributed by atoms with van der Waals surface area (Å²) in [5.74, 6) is 0.269. The number of anilines is 1. The Hall–Kier alpha value is -0.530. The number of halogens is 2. The molecular weight excluding hydrogens is 323 g/mol. The first-order valence-electron chi connectivity index (χ1n) is 6.22. The summed E-state index contributed by atoms with van der Waals surface area (Å²) in [6.07, 6.45) is 1.68. The van der Waals surface area contributed by atoms with Gasteiger partial charge in [0.05, 0.1) is 10.7 Å². The summed E-state index contributed by atoms with van der Waals surface area (Å²) >= 11 is 11.7. The van der Waals surface area contributed by atoms with Crippen LogP contribution in [0.15, 0.2) is 17.0 Å². The van der Waals surface area contributed by atoms with Crippen LogP contribution >= 0.6 is 23.2 Å². The molecular formula is C12H16Cl2N2O3S. The van der Waals surface area contributed by atoms with Crippen molar-refractivity contribution in [3.63, 3.8) is 0 Å². The van der Waals surface area contributed by atoms with E-state index in [1.807, 2.05) is 0 Å². The number of rotatable bonds is 4. The van der Waals surface area contributed by atoms with Crippen LogP contribution in [0, 0.1) is 5.92 Å². The van der Waals surface area contributed by atoms with Gasteiger partial charge < -0.3 is 10.5 Å². The maximum atomic E-state index is 12.3. The Morgan fingerprint density at radius 2 is 1.95 bits per heavy atom. The van der Waals surface area contributed by atoms with Gasteiger partial charge in [0.15, 0.2) is 0 Å². The maximum absolute atomic E-state index is 12.3. The molecule has 0 amide bonds. The molecule has 1 saturated heterocycles. The summed E-state index contributed by atoms with van der Waals surface area (Å²) in [5.41, 5.74) is 5.75. The average molecular weight is 339 g/mol. The zero-order valence-electron chi connectivity index (χ0n) is 10.7. The standard InChI is InChI=1S/C12H16Cl2N2O3S/c13-9-5-10(14)12(11(15)6-9)20(17,18)16-7-8-1-3-19-4-2-8/h5-6,8,16H,1-4,7,15H2. The quantitative estimate of drug-likeness (QED) is 0.825. The van der Waals surface area contributed by atoms with Gasteiger partial charge >= 0.3 is 0 Å². The Labute approximate surface area is 128 Å². The number of sulfonamides is 1. The molecule has 0 unspecified atom stereocenters. The molecule has 0 radical (unpaired) electrons. The molecule has 1 heterocycles. The molecule has 0 spiro atoms. The van der Waals surface area contributed by atoms with Crippen LogP contribution in [-0.4, -0.2) is 28.2 Å². The van der Waals surface area contributed by atoms with Crippen LogP contribution in [0.4, 0.5) is 5.69 Å². The molecule has 1 fully saturated rings. The molecule has 112 valence electrons. The van der Waals surface area contributed by atoms with Crippen molar-refractivity contribution < 1.29 is 13.2 Å². The fourth-order valence-electron chi connectivity index (χ4n) is 2.11.